The zero-order valence-corrected chi connectivity index (χ0v) is 13.2. The molecule has 2 aliphatic rings. The number of nitrogens with zero attached hydrogens (tertiary/aromatic N) is 1. The highest BCUT2D eigenvalue weighted by Gasteiger charge is 2.58. The molecule has 0 bridgehead atoms. The van der Waals surface area contributed by atoms with Gasteiger partial charge in [0.15, 0.2) is 5.69 Å². The first-order valence-corrected chi connectivity index (χ1v) is 7.52. The Morgan fingerprint density at radius 2 is 2.19 bits per heavy atom. The molecular weight excluding hydrogens is 268 g/mol. The van der Waals surface area contributed by atoms with Crippen molar-refractivity contribution in [3.8, 4) is 0 Å². The van der Waals surface area contributed by atoms with Gasteiger partial charge in [-0.1, -0.05) is 13.8 Å². The maximum Gasteiger partial charge on any atom is 0.272 e. The summed E-state index contributed by atoms with van der Waals surface area (Å²) in [7, 11) is 1.73. The Bertz CT molecular complexity index is 566. The van der Waals surface area contributed by atoms with Crippen LogP contribution in [0.15, 0.2) is 0 Å². The molecular formula is C15H24N4O2. The Morgan fingerprint density at radius 1 is 1.43 bits per heavy atom. The number of fused-ring (bicyclic) bond motifs is 1. The van der Waals surface area contributed by atoms with E-state index in [9.17, 15) is 4.79 Å². The SMILES string of the molecule is COC1(C)CC(NC(=O)c2n[nH]c3c2CNCC3)C1(C)C. The minimum absolute atomic E-state index is 0.0903. The number of hydrogen-bond donors (Lipinski definition) is 3. The molecule has 1 fully saturated rings. The second-order valence-electron chi connectivity index (χ2n) is 6.84. The zero-order valence-electron chi connectivity index (χ0n) is 13.2. The van der Waals surface area contributed by atoms with Crippen LogP contribution in [0.5, 0.6) is 0 Å². The largest absolute Gasteiger partial charge is 0.378 e. The third kappa shape index (κ3) is 2.08. The van der Waals surface area contributed by atoms with Crippen LogP contribution in [0.4, 0.5) is 0 Å². The van der Waals surface area contributed by atoms with E-state index in [2.05, 4.69) is 41.6 Å². The van der Waals surface area contributed by atoms with Gasteiger partial charge in [-0.3, -0.25) is 9.89 Å². The van der Waals surface area contributed by atoms with Gasteiger partial charge in [-0.05, 0) is 13.3 Å². The summed E-state index contributed by atoms with van der Waals surface area (Å²) >= 11 is 0. The average molecular weight is 292 g/mol. The van der Waals surface area contributed by atoms with Crippen molar-refractivity contribution in [3.63, 3.8) is 0 Å². The van der Waals surface area contributed by atoms with Crippen LogP contribution in [0.1, 0.15) is 48.9 Å². The van der Waals surface area contributed by atoms with Crippen molar-refractivity contribution in [1.29, 1.82) is 0 Å². The number of hydrogen-bond acceptors (Lipinski definition) is 4. The fraction of sp³-hybridized carbons (Fsp3) is 0.733. The van der Waals surface area contributed by atoms with Gasteiger partial charge in [-0.25, -0.2) is 0 Å². The molecule has 2 atom stereocenters. The summed E-state index contributed by atoms with van der Waals surface area (Å²) in [5.74, 6) is -0.0903. The van der Waals surface area contributed by atoms with E-state index in [1.165, 1.54) is 0 Å². The Morgan fingerprint density at radius 3 is 2.86 bits per heavy atom. The summed E-state index contributed by atoms with van der Waals surface area (Å²) < 4.78 is 5.60. The van der Waals surface area contributed by atoms with Gasteiger partial charge < -0.3 is 15.4 Å². The Labute approximate surface area is 125 Å². The Balaban J connectivity index is 1.72. The Hall–Kier alpha value is -1.40. The van der Waals surface area contributed by atoms with Gasteiger partial charge in [-0.2, -0.15) is 5.10 Å². The first-order valence-electron chi connectivity index (χ1n) is 7.52. The smallest absolute Gasteiger partial charge is 0.272 e. The highest BCUT2D eigenvalue weighted by Crippen LogP contribution is 2.51. The normalized spacial score (nSPS) is 30.4. The summed E-state index contributed by atoms with van der Waals surface area (Å²) in [4.78, 5) is 12.5. The molecule has 1 saturated carbocycles. The number of methoxy groups -OCH3 is 1. The van der Waals surface area contributed by atoms with E-state index in [1.54, 1.807) is 7.11 Å². The van der Waals surface area contributed by atoms with Gasteiger partial charge >= 0.3 is 0 Å². The minimum Gasteiger partial charge on any atom is -0.378 e. The van der Waals surface area contributed by atoms with Crippen molar-refractivity contribution < 1.29 is 9.53 Å². The lowest BCUT2D eigenvalue weighted by Gasteiger charge is -2.59. The summed E-state index contributed by atoms with van der Waals surface area (Å²) in [5.41, 5.74) is 2.33. The van der Waals surface area contributed by atoms with E-state index in [1.807, 2.05) is 0 Å². The van der Waals surface area contributed by atoms with Crippen LogP contribution >= 0.6 is 0 Å². The molecule has 6 heteroatoms. The number of carbonyl (C=O) groups excluding carboxylic acids is 1. The number of ether oxygens (including phenoxy) is 1. The molecule has 6 nitrogen and oxygen atoms in total. The minimum atomic E-state index is -0.183. The van der Waals surface area contributed by atoms with E-state index < -0.39 is 0 Å². The molecule has 1 aromatic heterocycles. The van der Waals surface area contributed by atoms with Crippen LogP contribution in [0.3, 0.4) is 0 Å². The van der Waals surface area contributed by atoms with Crippen LogP contribution in [0, 0.1) is 5.41 Å². The van der Waals surface area contributed by atoms with Crippen molar-refractivity contribution >= 4 is 5.91 Å². The highest BCUT2D eigenvalue weighted by atomic mass is 16.5. The average Bonchev–Trinajstić information content (AvgIpc) is 2.90. The third-order valence-corrected chi connectivity index (χ3v) is 5.61. The van der Waals surface area contributed by atoms with E-state index in [-0.39, 0.29) is 23.0 Å². The van der Waals surface area contributed by atoms with Crippen molar-refractivity contribution in [1.82, 2.24) is 20.8 Å². The molecule has 2 unspecified atom stereocenters. The number of rotatable bonds is 3. The fourth-order valence-corrected chi connectivity index (χ4v) is 3.36. The van der Waals surface area contributed by atoms with Gasteiger partial charge in [0.2, 0.25) is 0 Å². The molecule has 116 valence electrons. The molecule has 0 aromatic carbocycles. The summed E-state index contributed by atoms with van der Waals surface area (Å²) in [5, 5.41) is 13.6. The molecule has 1 aliphatic carbocycles. The summed E-state index contributed by atoms with van der Waals surface area (Å²) in [6.07, 6.45) is 1.72. The highest BCUT2D eigenvalue weighted by molar-refractivity contribution is 5.94. The van der Waals surface area contributed by atoms with Gasteiger partial charge in [-0.15, -0.1) is 0 Å². The molecule has 21 heavy (non-hydrogen) atoms. The number of carbonyl (C=O) groups is 1. The summed E-state index contributed by atoms with van der Waals surface area (Å²) in [6, 6.07) is 0.110. The van der Waals surface area contributed by atoms with Crippen LogP contribution in [-0.4, -0.2) is 41.4 Å². The van der Waals surface area contributed by atoms with Gasteiger partial charge in [0.05, 0.1) is 5.60 Å². The predicted molar refractivity (Wildman–Crippen MR) is 79.1 cm³/mol. The molecule has 3 N–H and O–H groups in total. The second-order valence-corrected chi connectivity index (χ2v) is 6.84. The molecule has 1 amide bonds. The number of nitrogens with one attached hydrogen (secondary N) is 3. The monoisotopic (exact) mass is 292 g/mol. The zero-order chi connectivity index (χ0) is 15.3. The van der Waals surface area contributed by atoms with Crippen molar-refractivity contribution in [2.75, 3.05) is 13.7 Å². The van der Waals surface area contributed by atoms with Crippen LogP contribution in [0.25, 0.3) is 0 Å². The Kier molecular flexibility index (Phi) is 3.33. The van der Waals surface area contributed by atoms with Gasteiger partial charge in [0.25, 0.3) is 5.91 Å². The number of amides is 1. The lowest BCUT2D eigenvalue weighted by molar-refractivity contribution is -0.177. The molecule has 3 rings (SSSR count). The summed E-state index contributed by atoms with van der Waals surface area (Å²) in [6.45, 7) is 7.99. The molecule has 0 saturated heterocycles. The van der Waals surface area contributed by atoms with Crippen LogP contribution in [-0.2, 0) is 17.7 Å². The number of H-pyrrole nitrogens is 1. The van der Waals surface area contributed by atoms with Crippen molar-refractivity contribution in [2.45, 2.75) is 51.8 Å². The third-order valence-electron chi connectivity index (χ3n) is 5.61. The van der Waals surface area contributed by atoms with E-state index >= 15 is 0 Å². The number of aromatic amines is 1. The van der Waals surface area contributed by atoms with Gasteiger partial charge in [0, 0.05) is 49.3 Å². The molecule has 1 aromatic rings. The fourth-order valence-electron chi connectivity index (χ4n) is 3.36. The standard InChI is InChI=1S/C15H24N4O2/c1-14(2)11(7-15(14,3)21-4)17-13(20)12-9-8-16-6-5-10(9)18-19-12/h11,16H,5-8H2,1-4H3,(H,17,20)(H,18,19). The second kappa shape index (κ2) is 4.81. The first-order chi connectivity index (χ1) is 9.89. The lowest BCUT2D eigenvalue weighted by Crippen LogP contribution is -2.68. The molecule has 2 heterocycles. The van der Waals surface area contributed by atoms with Crippen molar-refractivity contribution in [3.05, 3.63) is 17.0 Å². The van der Waals surface area contributed by atoms with E-state index in [0.29, 0.717) is 12.2 Å². The van der Waals surface area contributed by atoms with Crippen LogP contribution < -0.4 is 10.6 Å². The maximum atomic E-state index is 12.5. The van der Waals surface area contributed by atoms with Gasteiger partial charge in [0.1, 0.15) is 0 Å². The topological polar surface area (TPSA) is 79.0 Å². The molecule has 0 radical (unpaired) electrons. The first kappa shape index (κ1) is 14.5. The predicted octanol–water partition coefficient (Wildman–Crippen LogP) is 0.989. The van der Waals surface area contributed by atoms with Crippen molar-refractivity contribution in [2.24, 2.45) is 5.41 Å². The number of aromatic nitrogens is 2. The van der Waals surface area contributed by atoms with E-state index in [4.69, 9.17) is 4.74 Å². The van der Waals surface area contributed by atoms with Crippen LogP contribution in [0.2, 0.25) is 0 Å². The lowest BCUT2D eigenvalue weighted by atomic mass is 9.56. The molecule has 0 spiro atoms. The maximum absolute atomic E-state index is 12.5. The van der Waals surface area contributed by atoms with E-state index in [0.717, 1.165) is 30.6 Å². The quantitative estimate of drug-likeness (QED) is 0.776. The molecule has 1 aliphatic heterocycles.